The smallest absolute Gasteiger partial charge is 0.326 e. The molecular formula is C6H12O5S. The van der Waals surface area contributed by atoms with Gasteiger partial charge in [0.1, 0.15) is 5.75 Å². The summed E-state index contributed by atoms with van der Waals surface area (Å²) in [7, 11) is -4.77. The van der Waals surface area contributed by atoms with Gasteiger partial charge in [0.15, 0.2) is 0 Å². The lowest BCUT2D eigenvalue weighted by Gasteiger charge is -2.27. The van der Waals surface area contributed by atoms with Gasteiger partial charge in [0.05, 0.1) is 15.9 Å². The van der Waals surface area contributed by atoms with E-state index in [1.54, 1.807) is 0 Å². The first-order chi connectivity index (χ1) is 5.28. The van der Waals surface area contributed by atoms with Crippen LogP contribution in [0.15, 0.2) is 12.8 Å². The zero-order valence-corrected chi connectivity index (χ0v) is 7.54. The molecule has 0 saturated carbocycles. The third-order valence-corrected chi connectivity index (χ3v) is 3.18. The van der Waals surface area contributed by atoms with Gasteiger partial charge >= 0.3 is 5.97 Å². The van der Waals surface area contributed by atoms with Gasteiger partial charge < -0.3 is 13.8 Å². The minimum Gasteiger partial charge on any atom is -0.434 e. The Hall–Kier alpha value is -0.720. The molecule has 0 heterocycles. The number of hydrogen-bond acceptors (Lipinski definition) is 3. The molecule has 5 nitrogen and oxygen atoms in total. The molecular weight excluding hydrogens is 184 g/mol. The maximum absolute atomic E-state index is 11.0. The third kappa shape index (κ3) is 4.22. The number of esters is 1. The second kappa shape index (κ2) is 3.34. The molecule has 0 fully saturated rings. The van der Waals surface area contributed by atoms with Crippen LogP contribution in [-0.2, 0) is 19.2 Å². The van der Waals surface area contributed by atoms with Crippen LogP contribution in [0.1, 0.15) is 6.92 Å². The van der Waals surface area contributed by atoms with Crippen LogP contribution in [0, 0.1) is 0 Å². The Morgan fingerprint density at radius 1 is 1.67 bits per heavy atom. The predicted octanol–water partition coefficient (Wildman–Crippen LogP) is 0.459. The lowest BCUT2D eigenvalue weighted by atomic mass is 10.8. The summed E-state index contributed by atoms with van der Waals surface area (Å²) in [5, 5.41) is 0. The van der Waals surface area contributed by atoms with E-state index in [9.17, 15) is 9.00 Å². The van der Waals surface area contributed by atoms with E-state index >= 15 is 0 Å². The molecule has 2 N–H and O–H groups in total. The third-order valence-electron chi connectivity index (χ3n) is 1.20. The van der Waals surface area contributed by atoms with Crippen molar-refractivity contribution in [2.75, 3.05) is 11.5 Å². The number of ether oxygens (including phenoxy) is 1. The summed E-state index contributed by atoms with van der Waals surface area (Å²) in [5.41, 5.74) is 0. The van der Waals surface area contributed by atoms with Crippen LogP contribution in [-0.4, -0.2) is 30.8 Å². The molecule has 0 aliphatic rings. The topological polar surface area (TPSA) is 83.8 Å². The number of hydrogen-bond donors (Lipinski definition) is 2. The van der Waals surface area contributed by atoms with Crippen molar-refractivity contribution in [2.45, 2.75) is 6.92 Å². The standard InChI is InChI=1S/C6H12O5S/c1-3-11-6(7)5-12(8,9,10)4-2/h3H,1,4-5H2,2H3,(H2,8,9,10). The van der Waals surface area contributed by atoms with E-state index < -0.39 is 27.1 Å². The Morgan fingerprint density at radius 2 is 2.17 bits per heavy atom. The molecule has 0 aromatic rings. The molecule has 0 unspecified atom stereocenters. The molecule has 0 atom stereocenters. The second-order valence-electron chi connectivity index (χ2n) is 2.28. The molecule has 0 rings (SSSR count). The van der Waals surface area contributed by atoms with E-state index in [0.29, 0.717) is 0 Å². The van der Waals surface area contributed by atoms with Crippen molar-refractivity contribution in [3.63, 3.8) is 0 Å². The largest absolute Gasteiger partial charge is 0.434 e. The lowest BCUT2D eigenvalue weighted by Crippen LogP contribution is -2.41. The predicted molar refractivity (Wildman–Crippen MR) is 45.1 cm³/mol. The normalized spacial score (nSPS) is 14.4. The van der Waals surface area contributed by atoms with Gasteiger partial charge in [-0.2, -0.15) is 0 Å². The summed E-state index contributed by atoms with van der Waals surface area (Å²) >= 11 is 0. The molecule has 0 aromatic heterocycles. The number of carbonyl (C=O) groups is 1. The monoisotopic (exact) mass is 196 g/mol. The highest BCUT2D eigenvalue weighted by Crippen LogP contribution is 2.15. The highest BCUT2D eigenvalue weighted by Gasteiger charge is 2.31. The Morgan fingerprint density at radius 3 is 2.50 bits per heavy atom. The van der Waals surface area contributed by atoms with E-state index in [1.165, 1.54) is 6.92 Å². The van der Waals surface area contributed by atoms with Gasteiger partial charge in [0.25, 0.3) is 0 Å². The lowest BCUT2D eigenvalue weighted by molar-refractivity contribution is -0.135. The maximum Gasteiger partial charge on any atom is 0.326 e. The van der Waals surface area contributed by atoms with Crippen LogP contribution >= 0.6 is 0 Å². The summed E-state index contributed by atoms with van der Waals surface area (Å²) in [6.45, 7) is 4.38. The first kappa shape index (κ1) is 11.3. The Bertz CT molecular complexity index is 251. The fourth-order valence-electron chi connectivity index (χ4n) is 0.466. The van der Waals surface area contributed by atoms with E-state index in [2.05, 4.69) is 11.3 Å². The zero-order valence-electron chi connectivity index (χ0n) is 6.73. The van der Waals surface area contributed by atoms with Crippen LogP contribution in [0.5, 0.6) is 0 Å². The Kier molecular flexibility index (Phi) is 3.14. The summed E-state index contributed by atoms with van der Waals surface area (Å²) in [5.74, 6) is -2.29. The van der Waals surface area contributed by atoms with Crippen molar-refractivity contribution in [3.8, 4) is 0 Å². The van der Waals surface area contributed by atoms with Gasteiger partial charge in [-0.05, 0) is 0 Å². The zero-order chi connectivity index (χ0) is 9.85. The first-order valence-electron chi connectivity index (χ1n) is 3.22. The van der Waals surface area contributed by atoms with Crippen molar-refractivity contribution in [1.29, 1.82) is 0 Å². The molecule has 0 aliphatic carbocycles. The van der Waals surface area contributed by atoms with E-state index in [4.69, 9.17) is 9.11 Å². The van der Waals surface area contributed by atoms with Crippen LogP contribution in [0.4, 0.5) is 0 Å². The van der Waals surface area contributed by atoms with Crippen LogP contribution in [0.2, 0.25) is 0 Å². The number of rotatable bonds is 4. The molecule has 72 valence electrons. The van der Waals surface area contributed by atoms with Gasteiger partial charge in [-0.25, -0.2) is 4.21 Å². The summed E-state index contributed by atoms with van der Waals surface area (Å²) in [6, 6.07) is 0. The summed E-state index contributed by atoms with van der Waals surface area (Å²) in [4.78, 5) is 10.6. The maximum atomic E-state index is 11.0. The van der Waals surface area contributed by atoms with Gasteiger partial charge in [0.2, 0.25) is 0 Å². The van der Waals surface area contributed by atoms with Gasteiger partial charge in [0, 0.05) is 5.75 Å². The molecule has 12 heavy (non-hydrogen) atoms. The molecule has 0 spiro atoms. The molecule has 0 saturated heterocycles. The average Bonchev–Trinajstić information content (AvgIpc) is 1.86. The Balaban J connectivity index is 4.35. The van der Waals surface area contributed by atoms with Crippen molar-refractivity contribution in [3.05, 3.63) is 12.8 Å². The minimum atomic E-state index is -4.77. The summed E-state index contributed by atoms with van der Waals surface area (Å²) in [6.07, 6.45) is 0.834. The molecule has 0 aliphatic heterocycles. The van der Waals surface area contributed by atoms with Gasteiger partial charge in [-0.15, -0.1) is 0 Å². The molecule has 0 amide bonds. The van der Waals surface area contributed by atoms with E-state index in [1.807, 2.05) is 0 Å². The quantitative estimate of drug-likeness (QED) is 0.504. The average molecular weight is 196 g/mol. The van der Waals surface area contributed by atoms with Gasteiger partial charge in [-0.1, -0.05) is 13.5 Å². The number of carbonyl (C=O) groups excluding carboxylic acids is 1. The van der Waals surface area contributed by atoms with Crippen LogP contribution < -0.4 is 0 Å². The highest BCUT2D eigenvalue weighted by atomic mass is 32.3. The Labute approximate surface area is 70.5 Å². The second-order valence-corrected chi connectivity index (χ2v) is 5.52. The first-order valence-corrected chi connectivity index (χ1v) is 5.44. The SMILES string of the molecule is C=COC(=O)CS(=O)(O)(O)CC. The fourth-order valence-corrected chi connectivity index (χ4v) is 1.21. The minimum absolute atomic E-state index is 0.399. The van der Waals surface area contributed by atoms with E-state index in [0.717, 1.165) is 6.26 Å². The highest BCUT2D eigenvalue weighted by molar-refractivity contribution is 8.10. The van der Waals surface area contributed by atoms with Crippen molar-refractivity contribution >= 4 is 15.6 Å². The molecule has 0 bridgehead atoms. The van der Waals surface area contributed by atoms with Gasteiger partial charge in [-0.3, -0.25) is 4.79 Å². The molecule has 0 aromatic carbocycles. The fraction of sp³-hybridized carbons (Fsp3) is 0.500. The van der Waals surface area contributed by atoms with E-state index in [-0.39, 0.29) is 0 Å². The molecule has 0 radical (unpaired) electrons. The van der Waals surface area contributed by atoms with Crippen molar-refractivity contribution in [1.82, 2.24) is 0 Å². The molecule has 6 heteroatoms. The van der Waals surface area contributed by atoms with Crippen LogP contribution in [0.25, 0.3) is 0 Å². The van der Waals surface area contributed by atoms with Crippen molar-refractivity contribution in [2.24, 2.45) is 0 Å². The summed E-state index contributed by atoms with van der Waals surface area (Å²) < 4.78 is 33.1. The van der Waals surface area contributed by atoms with Crippen LogP contribution in [0.3, 0.4) is 0 Å². The van der Waals surface area contributed by atoms with Crippen molar-refractivity contribution < 1.29 is 22.8 Å².